The van der Waals surface area contributed by atoms with Crippen LogP contribution in [0.4, 0.5) is 23.0 Å². The summed E-state index contributed by atoms with van der Waals surface area (Å²) in [5.74, 6) is 0.611. The molecule has 3 aromatic carbocycles. The molecule has 0 saturated carbocycles. The number of nitrogens with zero attached hydrogens (tertiary/aromatic N) is 5. The third kappa shape index (κ3) is 5.08. The minimum absolute atomic E-state index is 0.611. The number of nitrogens with one attached hydrogen (secondary N) is 1. The molecule has 1 aliphatic heterocycles. The van der Waals surface area contributed by atoms with Gasteiger partial charge in [0.1, 0.15) is 0 Å². The van der Waals surface area contributed by atoms with Crippen molar-refractivity contribution in [1.29, 1.82) is 0 Å². The lowest BCUT2D eigenvalue weighted by molar-refractivity contribution is 0.313. The third-order valence-electron chi connectivity index (χ3n) is 6.89. The second-order valence-corrected chi connectivity index (χ2v) is 9.12. The Morgan fingerprint density at radius 2 is 1.63 bits per heavy atom. The molecule has 0 radical (unpaired) electrons. The minimum atomic E-state index is 0.611. The topological polar surface area (TPSA) is 47.5 Å². The van der Waals surface area contributed by atoms with E-state index in [4.69, 9.17) is 4.98 Å². The molecule has 6 nitrogen and oxygen atoms in total. The van der Waals surface area contributed by atoms with Crippen LogP contribution in [0.2, 0.25) is 0 Å². The zero-order valence-electron chi connectivity index (χ0n) is 20.9. The molecule has 6 heteroatoms. The molecular weight excluding hydrogens is 432 g/mol. The van der Waals surface area contributed by atoms with Crippen molar-refractivity contribution in [3.8, 4) is 11.1 Å². The van der Waals surface area contributed by atoms with E-state index in [1.165, 1.54) is 11.4 Å². The van der Waals surface area contributed by atoms with Crippen LogP contribution in [0, 0.1) is 0 Å². The molecule has 0 bridgehead atoms. The van der Waals surface area contributed by atoms with Crippen molar-refractivity contribution in [1.82, 2.24) is 14.9 Å². The molecule has 4 aromatic rings. The predicted octanol–water partition coefficient (Wildman–Crippen LogP) is 5.64. The molecular formula is C29H34N6. The molecule has 1 aromatic heterocycles. The number of aromatic nitrogens is 2. The number of benzene rings is 3. The first-order valence-corrected chi connectivity index (χ1v) is 12.6. The predicted molar refractivity (Wildman–Crippen MR) is 148 cm³/mol. The SMILES string of the molecule is CCN(CC)c1ccc(-c2cccc3cnc(Nc4cccc(N5CCN(C)CC5)c4)nc23)cc1. The highest BCUT2D eigenvalue weighted by molar-refractivity contribution is 5.94. The summed E-state index contributed by atoms with van der Waals surface area (Å²) in [6.45, 7) is 10.6. The van der Waals surface area contributed by atoms with E-state index in [2.05, 4.69) is 113 Å². The molecule has 1 aliphatic rings. The summed E-state index contributed by atoms with van der Waals surface area (Å²) in [6, 6.07) is 23.6. The van der Waals surface area contributed by atoms with Crippen LogP contribution in [0.25, 0.3) is 22.0 Å². The Hall–Kier alpha value is -3.64. The van der Waals surface area contributed by atoms with Gasteiger partial charge in [0.25, 0.3) is 0 Å². The Morgan fingerprint density at radius 1 is 0.886 bits per heavy atom. The first kappa shape index (κ1) is 23.1. The van der Waals surface area contributed by atoms with E-state index in [0.29, 0.717) is 5.95 Å². The van der Waals surface area contributed by atoms with Gasteiger partial charge in [-0.25, -0.2) is 9.97 Å². The maximum Gasteiger partial charge on any atom is 0.227 e. The van der Waals surface area contributed by atoms with Crippen LogP contribution in [0.3, 0.4) is 0 Å². The fourth-order valence-electron chi connectivity index (χ4n) is 4.76. The molecule has 0 aliphatic carbocycles. The first-order chi connectivity index (χ1) is 17.1. The van der Waals surface area contributed by atoms with E-state index in [9.17, 15) is 0 Å². The van der Waals surface area contributed by atoms with Gasteiger partial charge in [-0.05, 0) is 56.8 Å². The zero-order chi connectivity index (χ0) is 24.2. The summed E-state index contributed by atoms with van der Waals surface area (Å²) in [4.78, 5) is 16.7. The number of rotatable bonds is 7. The van der Waals surface area contributed by atoms with E-state index in [-0.39, 0.29) is 0 Å². The van der Waals surface area contributed by atoms with E-state index >= 15 is 0 Å². The summed E-state index contributed by atoms with van der Waals surface area (Å²) >= 11 is 0. The summed E-state index contributed by atoms with van der Waals surface area (Å²) in [6.07, 6.45) is 1.91. The van der Waals surface area contributed by atoms with Crippen molar-refractivity contribution in [2.75, 3.05) is 61.4 Å². The third-order valence-corrected chi connectivity index (χ3v) is 6.89. The number of para-hydroxylation sites is 1. The average Bonchev–Trinajstić information content (AvgIpc) is 2.90. The average molecular weight is 467 g/mol. The minimum Gasteiger partial charge on any atom is -0.372 e. The lowest BCUT2D eigenvalue weighted by Crippen LogP contribution is -2.44. The molecule has 0 atom stereocenters. The number of piperazine rings is 1. The van der Waals surface area contributed by atoms with Crippen molar-refractivity contribution >= 4 is 33.9 Å². The smallest absolute Gasteiger partial charge is 0.227 e. The summed E-state index contributed by atoms with van der Waals surface area (Å²) in [5.41, 5.74) is 6.71. The van der Waals surface area contributed by atoms with Gasteiger partial charge in [0.2, 0.25) is 5.95 Å². The molecule has 2 heterocycles. The lowest BCUT2D eigenvalue weighted by Gasteiger charge is -2.34. The molecule has 1 N–H and O–H groups in total. The Balaban J connectivity index is 1.41. The van der Waals surface area contributed by atoms with Gasteiger partial charge in [-0.3, -0.25) is 0 Å². The second-order valence-electron chi connectivity index (χ2n) is 9.12. The normalized spacial score (nSPS) is 14.3. The van der Waals surface area contributed by atoms with Crippen molar-refractivity contribution < 1.29 is 0 Å². The largest absolute Gasteiger partial charge is 0.372 e. The van der Waals surface area contributed by atoms with Crippen LogP contribution in [0.15, 0.2) is 72.9 Å². The van der Waals surface area contributed by atoms with Crippen molar-refractivity contribution in [3.63, 3.8) is 0 Å². The van der Waals surface area contributed by atoms with Gasteiger partial charge in [0.15, 0.2) is 0 Å². The fraction of sp³-hybridized carbons (Fsp3) is 0.310. The van der Waals surface area contributed by atoms with Crippen LogP contribution < -0.4 is 15.1 Å². The maximum absolute atomic E-state index is 4.94. The van der Waals surface area contributed by atoms with Crippen LogP contribution in [-0.2, 0) is 0 Å². The van der Waals surface area contributed by atoms with Crippen LogP contribution >= 0.6 is 0 Å². The molecule has 180 valence electrons. The first-order valence-electron chi connectivity index (χ1n) is 12.6. The number of anilines is 4. The summed E-state index contributed by atoms with van der Waals surface area (Å²) in [7, 11) is 2.18. The Morgan fingerprint density at radius 3 is 2.37 bits per heavy atom. The summed E-state index contributed by atoms with van der Waals surface area (Å²) < 4.78 is 0. The molecule has 1 fully saturated rings. The van der Waals surface area contributed by atoms with E-state index < -0.39 is 0 Å². The molecule has 5 rings (SSSR count). The second kappa shape index (κ2) is 10.3. The van der Waals surface area contributed by atoms with Crippen molar-refractivity contribution in [2.24, 2.45) is 0 Å². The van der Waals surface area contributed by atoms with Crippen LogP contribution in [0.1, 0.15) is 13.8 Å². The summed E-state index contributed by atoms with van der Waals surface area (Å²) in [5, 5.41) is 4.47. The highest BCUT2D eigenvalue weighted by Crippen LogP contribution is 2.30. The molecule has 0 unspecified atom stereocenters. The van der Waals surface area contributed by atoms with Gasteiger partial charge in [0.05, 0.1) is 5.52 Å². The Kier molecular flexibility index (Phi) is 6.82. The number of hydrogen-bond acceptors (Lipinski definition) is 6. The highest BCUT2D eigenvalue weighted by Gasteiger charge is 2.15. The molecule has 35 heavy (non-hydrogen) atoms. The van der Waals surface area contributed by atoms with E-state index in [0.717, 1.165) is 67.0 Å². The maximum atomic E-state index is 4.94. The monoisotopic (exact) mass is 466 g/mol. The van der Waals surface area contributed by atoms with Crippen molar-refractivity contribution in [3.05, 3.63) is 72.9 Å². The Labute approximate surface area is 208 Å². The quantitative estimate of drug-likeness (QED) is 0.380. The van der Waals surface area contributed by atoms with Crippen LogP contribution in [-0.4, -0.2) is 61.2 Å². The number of fused-ring (bicyclic) bond motifs is 1. The van der Waals surface area contributed by atoms with Gasteiger partial charge in [-0.15, -0.1) is 0 Å². The Bertz CT molecular complexity index is 1270. The van der Waals surface area contributed by atoms with Gasteiger partial charge in [-0.2, -0.15) is 0 Å². The van der Waals surface area contributed by atoms with Gasteiger partial charge < -0.3 is 20.0 Å². The molecule has 1 saturated heterocycles. The van der Waals surface area contributed by atoms with Gasteiger partial charge in [-0.1, -0.05) is 36.4 Å². The van der Waals surface area contributed by atoms with E-state index in [1.807, 2.05) is 6.20 Å². The lowest BCUT2D eigenvalue weighted by atomic mass is 10.0. The van der Waals surface area contributed by atoms with Gasteiger partial charge >= 0.3 is 0 Å². The molecule has 0 spiro atoms. The molecule has 0 amide bonds. The standard InChI is InChI=1S/C29H34N6/c1-4-34(5-2)25-14-12-22(13-15-25)27-11-6-8-23-21-30-29(32-28(23)27)31-24-9-7-10-26(20-24)35-18-16-33(3)17-19-35/h6-15,20-21H,4-5,16-19H2,1-3H3,(H,30,31,32). The number of hydrogen-bond donors (Lipinski definition) is 1. The fourth-order valence-corrected chi connectivity index (χ4v) is 4.76. The zero-order valence-corrected chi connectivity index (χ0v) is 20.9. The highest BCUT2D eigenvalue weighted by atomic mass is 15.2. The van der Waals surface area contributed by atoms with Crippen LogP contribution in [0.5, 0.6) is 0 Å². The van der Waals surface area contributed by atoms with Gasteiger partial charge in [0, 0.05) is 73.5 Å². The number of likely N-dealkylation sites (N-methyl/N-ethyl adjacent to an activating group) is 1. The van der Waals surface area contributed by atoms with E-state index in [1.54, 1.807) is 0 Å². The van der Waals surface area contributed by atoms with Crippen molar-refractivity contribution in [2.45, 2.75) is 13.8 Å².